The molecule has 0 aliphatic carbocycles. The Balaban J connectivity index is 2.60. The highest BCUT2D eigenvalue weighted by atomic mass is 15.3. The summed E-state index contributed by atoms with van der Waals surface area (Å²) < 4.78 is 0. The molecule has 0 aromatic rings. The topological polar surface area (TPSA) is 56.4 Å². The molecule has 4 nitrogen and oxygen atoms in total. The lowest BCUT2D eigenvalue weighted by molar-refractivity contribution is 0.0789. The average molecular weight is 212 g/mol. The van der Waals surface area contributed by atoms with E-state index in [1.54, 1.807) is 0 Å². The van der Waals surface area contributed by atoms with Gasteiger partial charge in [0, 0.05) is 25.7 Å². The van der Waals surface area contributed by atoms with Crippen LogP contribution in [0.4, 0.5) is 0 Å². The Morgan fingerprint density at radius 1 is 1.47 bits per heavy atom. The van der Waals surface area contributed by atoms with Gasteiger partial charge < -0.3 is 10.6 Å². The number of nitrogens with one attached hydrogen (secondary N) is 1. The minimum Gasteiger partial charge on any atom is -0.386 e. The van der Waals surface area contributed by atoms with Crippen molar-refractivity contribution in [3.63, 3.8) is 0 Å². The summed E-state index contributed by atoms with van der Waals surface area (Å²) in [6.07, 6.45) is 2.11. The maximum atomic E-state index is 7.58. The molecule has 1 heterocycles. The van der Waals surface area contributed by atoms with Crippen molar-refractivity contribution in [1.29, 1.82) is 5.41 Å². The van der Waals surface area contributed by atoms with Crippen molar-refractivity contribution in [1.82, 2.24) is 9.80 Å². The molecule has 1 aliphatic heterocycles. The zero-order chi connectivity index (χ0) is 11.4. The highest BCUT2D eigenvalue weighted by molar-refractivity contribution is 5.82. The molecule has 1 aliphatic rings. The number of nitrogens with two attached hydrogens (primary N) is 1. The van der Waals surface area contributed by atoms with Crippen LogP contribution in [0.3, 0.4) is 0 Å². The van der Waals surface area contributed by atoms with Crippen LogP contribution in [-0.2, 0) is 0 Å². The normalized spacial score (nSPS) is 26.5. The first kappa shape index (κ1) is 12.5. The monoisotopic (exact) mass is 212 g/mol. The van der Waals surface area contributed by atoms with Gasteiger partial charge in [-0.05, 0) is 19.9 Å². The molecule has 88 valence electrons. The molecule has 1 saturated heterocycles. The Labute approximate surface area is 92.9 Å². The van der Waals surface area contributed by atoms with Crippen LogP contribution in [0.25, 0.3) is 0 Å². The Bertz CT molecular complexity index is 217. The first-order valence-electron chi connectivity index (χ1n) is 5.88. The van der Waals surface area contributed by atoms with E-state index in [4.69, 9.17) is 11.1 Å². The molecule has 0 aromatic carbocycles. The summed E-state index contributed by atoms with van der Waals surface area (Å²) in [5, 5.41) is 7.58. The molecule has 2 atom stereocenters. The van der Waals surface area contributed by atoms with Crippen LogP contribution >= 0.6 is 0 Å². The van der Waals surface area contributed by atoms with Crippen LogP contribution in [0, 0.1) is 5.41 Å². The quantitative estimate of drug-likeness (QED) is 0.533. The van der Waals surface area contributed by atoms with Crippen molar-refractivity contribution in [2.45, 2.75) is 38.8 Å². The molecule has 2 unspecified atom stereocenters. The maximum absolute atomic E-state index is 7.58. The Morgan fingerprint density at radius 2 is 2.13 bits per heavy atom. The number of piperazine rings is 1. The molecule has 15 heavy (non-hydrogen) atoms. The molecule has 0 radical (unpaired) electrons. The van der Waals surface area contributed by atoms with Gasteiger partial charge in [-0.15, -0.1) is 0 Å². The van der Waals surface area contributed by atoms with Gasteiger partial charge >= 0.3 is 0 Å². The van der Waals surface area contributed by atoms with Crippen molar-refractivity contribution in [2.24, 2.45) is 5.73 Å². The number of hydrogen-bond acceptors (Lipinski definition) is 3. The van der Waals surface area contributed by atoms with E-state index in [0.29, 0.717) is 11.9 Å². The van der Waals surface area contributed by atoms with Gasteiger partial charge in [0.2, 0.25) is 0 Å². The predicted molar refractivity (Wildman–Crippen MR) is 64.3 cm³/mol. The summed E-state index contributed by atoms with van der Waals surface area (Å²) in [5.41, 5.74) is 5.63. The molecule has 1 rings (SSSR count). The summed E-state index contributed by atoms with van der Waals surface area (Å²) in [6, 6.07) is 0.764. The summed E-state index contributed by atoms with van der Waals surface area (Å²) in [7, 11) is 2.18. The van der Waals surface area contributed by atoms with Gasteiger partial charge in [0.25, 0.3) is 0 Å². The van der Waals surface area contributed by atoms with Gasteiger partial charge in [0.05, 0.1) is 6.04 Å². The SMILES string of the molecule is CCC1CN(C(CC)C(=N)N)CCN1C. The molecule has 0 aromatic heterocycles. The fraction of sp³-hybridized carbons (Fsp3) is 0.909. The molecule has 3 N–H and O–H groups in total. The number of hydrogen-bond donors (Lipinski definition) is 2. The number of rotatable bonds is 4. The van der Waals surface area contributed by atoms with Gasteiger partial charge in [-0.25, -0.2) is 0 Å². The second-order valence-corrected chi connectivity index (χ2v) is 4.42. The molecular weight excluding hydrogens is 188 g/mol. The van der Waals surface area contributed by atoms with E-state index in [2.05, 4.69) is 30.7 Å². The lowest BCUT2D eigenvalue weighted by Crippen LogP contribution is -2.56. The molecular formula is C11H24N4. The molecule has 0 saturated carbocycles. The van der Waals surface area contributed by atoms with Crippen molar-refractivity contribution >= 4 is 5.84 Å². The number of amidine groups is 1. The van der Waals surface area contributed by atoms with Gasteiger partial charge in [-0.1, -0.05) is 13.8 Å². The maximum Gasteiger partial charge on any atom is 0.108 e. The summed E-state index contributed by atoms with van der Waals surface area (Å²) >= 11 is 0. The van der Waals surface area contributed by atoms with Gasteiger partial charge in [-0.2, -0.15) is 0 Å². The van der Waals surface area contributed by atoms with Crippen LogP contribution in [0.2, 0.25) is 0 Å². The van der Waals surface area contributed by atoms with E-state index < -0.39 is 0 Å². The fourth-order valence-corrected chi connectivity index (χ4v) is 2.37. The summed E-state index contributed by atoms with van der Waals surface area (Å²) in [5.74, 6) is 0.317. The fourth-order valence-electron chi connectivity index (χ4n) is 2.37. The molecule has 0 amide bonds. The number of nitrogens with zero attached hydrogens (tertiary/aromatic N) is 2. The zero-order valence-corrected chi connectivity index (χ0v) is 10.2. The third-order valence-electron chi connectivity index (χ3n) is 3.47. The van der Waals surface area contributed by atoms with Crippen molar-refractivity contribution in [3.05, 3.63) is 0 Å². The van der Waals surface area contributed by atoms with Crippen LogP contribution in [-0.4, -0.2) is 54.4 Å². The molecule has 4 heteroatoms. The van der Waals surface area contributed by atoms with Crippen LogP contribution < -0.4 is 5.73 Å². The second-order valence-electron chi connectivity index (χ2n) is 4.42. The van der Waals surface area contributed by atoms with E-state index in [0.717, 1.165) is 26.1 Å². The molecule has 0 spiro atoms. The first-order valence-corrected chi connectivity index (χ1v) is 5.88. The predicted octanol–water partition coefficient (Wildman–Crippen LogP) is 0.727. The van der Waals surface area contributed by atoms with Crippen LogP contribution in [0.15, 0.2) is 0 Å². The van der Waals surface area contributed by atoms with E-state index in [9.17, 15) is 0 Å². The zero-order valence-electron chi connectivity index (χ0n) is 10.2. The standard InChI is InChI=1S/C11H24N4/c1-4-9-8-15(7-6-14(9)3)10(5-2)11(12)13/h9-10H,4-8H2,1-3H3,(H3,12,13). The highest BCUT2D eigenvalue weighted by Crippen LogP contribution is 2.14. The van der Waals surface area contributed by atoms with Crippen LogP contribution in [0.5, 0.6) is 0 Å². The Hall–Kier alpha value is -0.610. The van der Waals surface area contributed by atoms with Crippen molar-refractivity contribution in [3.8, 4) is 0 Å². The van der Waals surface area contributed by atoms with E-state index >= 15 is 0 Å². The van der Waals surface area contributed by atoms with Gasteiger partial charge in [-0.3, -0.25) is 10.3 Å². The first-order chi connectivity index (χ1) is 7.10. The van der Waals surface area contributed by atoms with Crippen molar-refractivity contribution < 1.29 is 0 Å². The Morgan fingerprint density at radius 3 is 2.60 bits per heavy atom. The minimum atomic E-state index is 0.146. The molecule has 0 bridgehead atoms. The van der Waals surface area contributed by atoms with Gasteiger partial charge in [0.15, 0.2) is 0 Å². The average Bonchev–Trinajstić information content (AvgIpc) is 2.21. The van der Waals surface area contributed by atoms with E-state index in [1.807, 2.05) is 0 Å². The van der Waals surface area contributed by atoms with Gasteiger partial charge in [0.1, 0.15) is 5.84 Å². The van der Waals surface area contributed by atoms with Crippen LogP contribution in [0.1, 0.15) is 26.7 Å². The third kappa shape index (κ3) is 2.92. The highest BCUT2D eigenvalue weighted by Gasteiger charge is 2.28. The minimum absolute atomic E-state index is 0.146. The van der Waals surface area contributed by atoms with E-state index in [-0.39, 0.29) is 6.04 Å². The Kier molecular flexibility index (Phi) is 4.54. The largest absolute Gasteiger partial charge is 0.386 e. The third-order valence-corrected chi connectivity index (χ3v) is 3.47. The van der Waals surface area contributed by atoms with Crippen molar-refractivity contribution in [2.75, 3.05) is 26.7 Å². The number of likely N-dealkylation sites (N-methyl/N-ethyl adjacent to an activating group) is 1. The smallest absolute Gasteiger partial charge is 0.108 e. The second kappa shape index (κ2) is 5.47. The summed E-state index contributed by atoms with van der Waals surface area (Å²) in [4.78, 5) is 4.76. The summed E-state index contributed by atoms with van der Waals surface area (Å²) in [6.45, 7) is 7.49. The molecule has 1 fully saturated rings. The lowest BCUT2D eigenvalue weighted by Gasteiger charge is -2.42. The van der Waals surface area contributed by atoms with E-state index in [1.165, 1.54) is 6.42 Å². The lowest BCUT2D eigenvalue weighted by atomic mass is 10.1.